The van der Waals surface area contributed by atoms with Crippen LogP contribution in [0.15, 0.2) is 60.7 Å². The number of rotatable bonds is 8. The van der Waals surface area contributed by atoms with Gasteiger partial charge in [-0.15, -0.1) is 0 Å². The molecule has 3 rings (SSSR count). The van der Waals surface area contributed by atoms with Crippen molar-refractivity contribution in [1.82, 2.24) is 0 Å². The largest absolute Gasteiger partial charge is 0.493 e. The Balaban J connectivity index is 2.00. The van der Waals surface area contributed by atoms with Crippen molar-refractivity contribution in [2.45, 2.75) is 33.1 Å². The molecule has 0 saturated heterocycles. The molecule has 0 radical (unpaired) electrons. The Kier molecular flexibility index (Phi) is 6.12. The van der Waals surface area contributed by atoms with Gasteiger partial charge < -0.3 is 9.84 Å². The molecule has 0 fully saturated rings. The number of unbranched alkanes of at least 4 members (excludes halogenated alkanes) is 1. The molecule has 1 atom stereocenters. The van der Waals surface area contributed by atoms with Crippen LogP contribution < -0.4 is 4.74 Å². The lowest BCUT2D eigenvalue weighted by Gasteiger charge is -2.15. The van der Waals surface area contributed by atoms with Crippen LogP contribution in [0.1, 0.15) is 32.3 Å². The Morgan fingerprint density at radius 3 is 2.56 bits per heavy atom. The van der Waals surface area contributed by atoms with Gasteiger partial charge in [0.15, 0.2) is 0 Å². The molecule has 0 saturated carbocycles. The normalized spacial score (nSPS) is 12.1. The summed E-state index contributed by atoms with van der Waals surface area (Å²) in [5.74, 6) is -0.336. The molecule has 0 aliphatic carbocycles. The fourth-order valence-corrected chi connectivity index (χ4v) is 3.18. The van der Waals surface area contributed by atoms with Crippen LogP contribution in [0, 0.1) is 5.92 Å². The van der Waals surface area contributed by atoms with Crippen molar-refractivity contribution in [2.24, 2.45) is 5.92 Å². The van der Waals surface area contributed by atoms with Crippen LogP contribution in [-0.2, 0) is 11.2 Å². The van der Waals surface area contributed by atoms with Crippen molar-refractivity contribution in [2.75, 3.05) is 6.61 Å². The van der Waals surface area contributed by atoms with Crippen molar-refractivity contribution in [3.05, 3.63) is 66.2 Å². The van der Waals surface area contributed by atoms with E-state index < -0.39 is 11.9 Å². The third-order valence-corrected chi connectivity index (χ3v) is 4.82. The van der Waals surface area contributed by atoms with Gasteiger partial charge in [0.1, 0.15) is 5.75 Å². The van der Waals surface area contributed by atoms with E-state index in [1.165, 1.54) is 10.8 Å². The first-order chi connectivity index (χ1) is 13.1. The summed E-state index contributed by atoms with van der Waals surface area (Å²) in [4.78, 5) is 11.2. The van der Waals surface area contributed by atoms with Gasteiger partial charge >= 0.3 is 5.97 Å². The molecule has 0 aliphatic heterocycles. The molecule has 3 heteroatoms. The summed E-state index contributed by atoms with van der Waals surface area (Å²) in [6.07, 6.45) is 2.60. The minimum atomic E-state index is -0.773. The number of carboxylic acid groups (broad SMARTS) is 1. The third kappa shape index (κ3) is 4.68. The minimum absolute atomic E-state index is 0.415. The van der Waals surface area contributed by atoms with E-state index in [0.717, 1.165) is 35.3 Å². The highest BCUT2D eigenvalue weighted by Crippen LogP contribution is 2.34. The minimum Gasteiger partial charge on any atom is -0.493 e. The maximum Gasteiger partial charge on any atom is 0.306 e. The Bertz CT molecular complexity index is 930. The third-order valence-electron chi connectivity index (χ3n) is 4.82. The molecule has 3 nitrogen and oxygen atoms in total. The van der Waals surface area contributed by atoms with E-state index in [1.54, 1.807) is 6.92 Å². The maximum atomic E-state index is 11.2. The predicted octanol–water partition coefficient (Wildman–Crippen LogP) is 5.95. The van der Waals surface area contributed by atoms with Gasteiger partial charge in [0.2, 0.25) is 0 Å². The highest BCUT2D eigenvalue weighted by molar-refractivity contribution is 5.88. The van der Waals surface area contributed by atoms with E-state index in [4.69, 9.17) is 4.74 Å². The lowest BCUT2D eigenvalue weighted by atomic mass is 9.95. The van der Waals surface area contributed by atoms with Crippen molar-refractivity contribution in [1.29, 1.82) is 0 Å². The molecule has 27 heavy (non-hydrogen) atoms. The summed E-state index contributed by atoms with van der Waals surface area (Å²) in [5.41, 5.74) is 3.12. The Morgan fingerprint density at radius 1 is 1.04 bits per heavy atom. The van der Waals surface area contributed by atoms with Crippen LogP contribution in [-0.4, -0.2) is 17.7 Å². The monoisotopic (exact) mass is 362 g/mol. The number of benzene rings is 3. The molecule has 1 unspecified atom stereocenters. The SMILES string of the molecule is CCCCOc1ccc(CC(C)C(=O)O)cc1-c1ccc2ccccc2c1. The molecule has 0 spiro atoms. The standard InChI is InChI=1S/C24H26O3/c1-3-4-13-27-23-12-9-18(14-17(2)24(25)26)15-22(23)21-11-10-19-7-5-6-8-20(19)16-21/h5-12,15-17H,3-4,13-14H2,1-2H3,(H,25,26). The zero-order valence-electron chi connectivity index (χ0n) is 15.9. The molecule has 0 aliphatic rings. The van der Waals surface area contributed by atoms with E-state index >= 15 is 0 Å². The van der Waals surface area contributed by atoms with Gasteiger partial charge in [0.25, 0.3) is 0 Å². The number of aliphatic carboxylic acids is 1. The van der Waals surface area contributed by atoms with Gasteiger partial charge in [0.05, 0.1) is 12.5 Å². The van der Waals surface area contributed by atoms with Gasteiger partial charge in [-0.1, -0.05) is 62.7 Å². The summed E-state index contributed by atoms with van der Waals surface area (Å²) < 4.78 is 6.04. The Labute approximate surface area is 160 Å². The summed E-state index contributed by atoms with van der Waals surface area (Å²) in [6.45, 7) is 4.57. The topological polar surface area (TPSA) is 46.5 Å². The average Bonchev–Trinajstić information content (AvgIpc) is 2.68. The summed E-state index contributed by atoms with van der Waals surface area (Å²) in [6, 6.07) is 20.7. The number of carbonyl (C=O) groups is 1. The van der Waals surface area contributed by atoms with E-state index in [-0.39, 0.29) is 0 Å². The second-order valence-corrected chi connectivity index (χ2v) is 7.04. The molecule has 0 bridgehead atoms. The summed E-state index contributed by atoms with van der Waals surface area (Å²) in [7, 11) is 0. The molecular weight excluding hydrogens is 336 g/mol. The second-order valence-electron chi connectivity index (χ2n) is 7.04. The van der Waals surface area contributed by atoms with Crippen molar-refractivity contribution in [3.63, 3.8) is 0 Å². The number of hydrogen-bond acceptors (Lipinski definition) is 2. The van der Waals surface area contributed by atoms with E-state index in [2.05, 4.69) is 43.3 Å². The van der Waals surface area contributed by atoms with Crippen LogP contribution in [0.3, 0.4) is 0 Å². The second kappa shape index (κ2) is 8.72. The fourth-order valence-electron chi connectivity index (χ4n) is 3.18. The lowest BCUT2D eigenvalue weighted by molar-refractivity contribution is -0.141. The van der Waals surface area contributed by atoms with E-state index in [1.807, 2.05) is 24.3 Å². The molecule has 0 heterocycles. The van der Waals surface area contributed by atoms with Crippen LogP contribution in [0.5, 0.6) is 5.75 Å². The molecule has 140 valence electrons. The highest BCUT2D eigenvalue weighted by Gasteiger charge is 2.14. The number of hydrogen-bond donors (Lipinski definition) is 1. The van der Waals surface area contributed by atoms with Gasteiger partial charge in [0, 0.05) is 5.56 Å². The zero-order valence-corrected chi connectivity index (χ0v) is 15.9. The fraction of sp³-hybridized carbons (Fsp3) is 0.292. The summed E-state index contributed by atoms with van der Waals surface area (Å²) in [5, 5.41) is 11.6. The molecule has 1 N–H and O–H groups in total. The van der Waals surface area contributed by atoms with Crippen molar-refractivity contribution in [3.8, 4) is 16.9 Å². The summed E-state index contributed by atoms with van der Waals surface area (Å²) >= 11 is 0. The Hall–Kier alpha value is -2.81. The van der Waals surface area contributed by atoms with Gasteiger partial charge in [-0.2, -0.15) is 0 Å². The van der Waals surface area contributed by atoms with Crippen LogP contribution in [0.25, 0.3) is 21.9 Å². The Morgan fingerprint density at radius 2 is 1.81 bits per heavy atom. The molecule has 3 aromatic rings. The van der Waals surface area contributed by atoms with Gasteiger partial charge in [-0.05, 0) is 52.9 Å². The number of fused-ring (bicyclic) bond motifs is 1. The average molecular weight is 362 g/mol. The molecule has 0 aromatic heterocycles. The van der Waals surface area contributed by atoms with Crippen molar-refractivity contribution >= 4 is 16.7 Å². The number of carboxylic acids is 1. The van der Waals surface area contributed by atoms with Crippen LogP contribution in [0.2, 0.25) is 0 Å². The van der Waals surface area contributed by atoms with Gasteiger partial charge in [-0.25, -0.2) is 0 Å². The van der Waals surface area contributed by atoms with Crippen LogP contribution >= 0.6 is 0 Å². The zero-order chi connectivity index (χ0) is 19.2. The highest BCUT2D eigenvalue weighted by atomic mass is 16.5. The molecule has 3 aromatic carbocycles. The van der Waals surface area contributed by atoms with Crippen LogP contribution in [0.4, 0.5) is 0 Å². The molecule has 0 amide bonds. The number of ether oxygens (including phenoxy) is 1. The quantitative estimate of drug-likeness (QED) is 0.504. The van der Waals surface area contributed by atoms with E-state index in [9.17, 15) is 9.90 Å². The predicted molar refractivity (Wildman–Crippen MR) is 110 cm³/mol. The van der Waals surface area contributed by atoms with Crippen molar-refractivity contribution < 1.29 is 14.6 Å². The first kappa shape index (κ1) is 19.0. The molecular formula is C24H26O3. The first-order valence-electron chi connectivity index (χ1n) is 9.56. The van der Waals surface area contributed by atoms with E-state index in [0.29, 0.717) is 13.0 Å². The smallest absolute Gasteiger partial charge is 0.306 e. The first-order valence-corrected chi connectivity index (χ1v) is 9.56. The van der Waals surface area contributed by atoms with Gasteiger partial charge in [-0.3, -0.25) is 4.79 Å². The maximum absolute atomic E-state index is 11.2. The lowest BCUT2D eigenvalue weighted by Crippen LogP contribution is -2.12.